The number of hydrogen-bond acceptors (Lipinski definition) is 2. The molecule has 0 unspecified atom stereocenters. The Hall–Kier alpha value is -2.61. The van der Waals surface area contributed by atoms with E-state index in [2.05, 4.69) is 81.2 Å². The van der Waals surface area contributed by atoms with Crippen LogP contribution in [-0.4, -0.2) is 36.1 Å². The number of pyridine rings is 1. The predicted octanol–water partition coefficient (Wildman–Crippen LogP) is 4.59. The number of nitrogens with one attached hydrogen (secondary N) is 3. The summed E-state index contributed by atoms with van der Waals surface area (Å²) in [6.07, 6.45) is 5.80. The highest BCUT2D eigenvalue weighted by Gasteiger charge is 2.05. The highest BCUT2D eigenvalue weighted by Crippen LogP contribution is 2.19. The van der Waals surface area contributed by atoms with Gasteiger partial charge in [-0.3, -0.25) is 9.98 Å². The van der Waals surface area contributed by atoms with Crippen LogP contribution in [0.4, 0.5) is 0 Å². The van der Waals surface area contributed by atoms with E-state index in [0.29, 0.717) is 0 Å². The zero-order valence-corrected chi connectivity index (χ0v) is 19.7. The number of nitrogens with zero attached hydrogens (tertiary/aromatic N) is 2. The number of hydrogen-bond donors (Lipinski definition) is 3. The molecule has 0 aliphatic heterocycles. The molecule has 0 saturated carbocycles. The van der Waals surface area contributed by atoms with E-state index in [1.54, 1.807) is 0 Å². The van der Waals surface area contributed by atoms with E-state index in [1.807, 2.05) is 19.3 Å². The van der Waals surface area contributed by atoms with Crippen molar-refractivity contribution in [2.24, 2.45) is 4.99 Å². The van der Waals surface area contributed by atoms with E-state index in [4.69, 9.17) is 0 Å². The summed E-state index contributed by atoms with van der Waals surface area (Å²) in [6, 6.07) is 17.0. The molecular formula is C24H28IN5. The van der Waals surface area contributed by atoms with Crippen molar-refractivity contribution in [3.8, 4) is 0 Å². The molecule has 0 saturated heterocycles. The number of aliphatic imine (C=N–C) groups is 1. The topological polar surface area (TPSA) is 65.1 Å². The lowest BCUT2D eigenvalue weighted by atomic mass is 10.1. The van der Waals surface area contributed by atoms with Gasteiger partial charge in [0.05, 0.1) is 5.52 Å². The van der Waals surface area contributed by atoms with Crippen LogP contribution in [0.25, 0.3) is 21.8 Å². The van der Waals surface area contributed by atoms with Gasteiger partial charge in [-0.15, -0.1) is 24.0 Å². The number of aryl methyl sites for hydroxylation is 1. The van der Waals surface area contributed by atoms with Crippen LogP contribution < -0.4 is 10.6 Å². The number of aromatic nitrogens is 2. The molecular weight excluding hydrogens is 485 g/mol. The molecule has 0 aliphatic carbocycles. The third kappa shape index (κ3) is 5.11. The Morgan fingerprint density at radius 1 is 1.00 bits per heavy atom. The molecule has 0 radical (unpaired) electrons. The zero-order valence-electron chi connectivity index (χ0n) is 17.4. The SMILES string of the molecule is CN=C(NCCc1c[nH]c2cc(C)ccc12)NCCc1cccc2cccnc12.I. The van der Waals surface area contributed by atoms with Gasteiger partial charge in [0.2, 0.25) is 0 Å². The average molecular weight is 513 g/mol. The van der Waals surface area contributed by atoms with Crippen molar-refractivity contribution >= 4 is 51.7 Å². The van der Waals surface area contributed by atoms with Gasteiger partial charge in [0, 0.05) is 48.8 Å². The predicted molar refractivity (Wildman–Crippen MR) is 137 cm³/mol. The first-order valence-corrected chi connectivity index (χ1v) is 10.1. The number of aromatic amines is 1. The third-order valence-electron chi connectivity index (χ3n) is 5.24. The quantitative estimate of drug-likeness (QED) is 0.201. The van der Waals surface area contributed by atoms with Crippen molar-refractivity contribution in [1.29, 1.82) is 0 Å². The number of para-hydroxylation sites is 1. The fourth-order valence-electron chi connectivity index (χ4n) is 3.73. The Labute approximate surface area is 194 Å². The molecule has 2 aromatic heterocycles. The molecule has 6 heteroatoms. The van der Waals surface area contributed by atoms with Crippen LogP contribution in [0.15, 0.2) is 65.9 Å². The molecule has 0 aliphatic rings. The molecule has 0 bridgehead atoms. The maximum atomic E-state index is 4.53. The van der Waals surface area contributed by atoms with Gasteiger partial charge in [0.15, 0.2) is 5.96 Å². The molecule has 4 aromatic rings. The summed E-state index contributed by atoms with van der Waals surface area (Å²) in [5.74, 6) is 0.828. The molecule has 0 atom stereocenters. The van der Waals surface area contributed by atoms with Crippen molar-refractivity contribution in [3.63, 3.8) is 0 Å². The average Bonchev–Trinajstić information content (AvgIpc) is 3.14. The van der Waals surface area contributed by atoms with Crippen LogP contribution in [0.5, 0.6) is 0 Å². The molecule has 0 fully saturated rings. The van der Waals surface area contributed by atoms with Crippen molar-refractivity contribution in [3.05, 3.63) is 77.6 Å². The number of halogens is 1. The van der Waals surface area contributed by atoms with Crippen LogP contribution in [0.3, 0.4) is 0 Å². The van der Waals surface area contributed by atoms with Crippen LogP contribution in [0.1, 0.15) is 16.7 Å². The van der Waals surface area contributed by atoms with E-state index < -0.39 is 0 Å². The van der Waals surface area contributed by atoms with E-state index in [-0.39, 0.29) is 24.0 Å². The largest absolute Gasteiger partial charge is 0.361 e. The van der Waals surface area contributed by atoms with Gasteiger partial charge < -0.3 is 15.6 Å². The molecule has 0 spiro atoms. The lowest BCUT2D eigenvalue weighted by molar-refractivity contribution is 0.787. The summed E-state index contributed by atoms with van der Waals surface area (Å²) in [6.45, 7) is 3.75. The van der Waals surface area contributed by atoms with Crippen molar-refractivity contribution in [2.75, 3.05) is 20.1 Å². The molecule has 2 heterocycles. The first-order valence-electron chi connectivity index (χ1n) is 10.1. The Bertz CT molecular complexity index is 1140. The summed E-state index contributed by atoms with van der Waals surface area (Å²) >= 11 is 0. The second kappa shape index (κ2) is 10.4. The van der Waals surface area contributed by atoms with E-state index in [1.165, 1.54) is 33.0 Å². The molecule has 5 nitrogen and oxygen atoms in total. The highest BCUT2D eigenvalue weighted by molar-refractivity contribution is 14.0. The fourth-order valence-corrected chi connectivity index (χ4v) is 3.73. The molecule has 4 rings (SSSR count). The number of fused-ring (bicyclic) bond motifs is 2. The number of guanidine groups is 1. The van der Waals surface area contributed by atoms with Crippen molar-refractivity contribution in [1.82, 2.24) is 20.6 Å². The summed E-state index contributed by atoms with van der Waals surface area (Å²) in [7, 11) is 1.81. The Morgan fingerprint density at radius 2 is 1.77 bits per heavy atom. The minimum atomic E-state index is 0. The monoisotopic (exact) mass is 513 g/mol. The maximum Gasteiger partial charge on any atom is 0.190 e. The standard InChI is InChI=1S/C24H27N5.HI/c1-17-8-9-21-20(16-29-22(21)15-17)11-14-28-24(25-2)27-13-10-19-6-3-5-18-7-4-12-26-23(18)19;/h3-9,12,15-16,29H,10-11,13-14H2,1-2H3,(H2,25,27,28);1H. The second-order valence-electron chi connectivity index (χ2n) is 7.28. The first kappa shape index (κ1) is 22.1. The Kier molecular flexibility index (Phi) is 7.68. The second-order valence-corrected chi connectivity index (χ2v) is 7.28. The molecule has 2 aromatic carbocycles. The first-order chi connectivity index (χ1) is 14.2. The van der Waals surface area contributed by atoms with Gasteiger partial charge >= 0.3 is 0 Å². The lowest BCUT2D eigenvalue weighted by Crippen LogP contribution is -2.39. The molecule has 156 valence electrons. The molecule has 3 N–H and O–H groups in total. The van der Waals surface area contributed by atoms with E-state index >= 15 is 0 Å². The Morgan fingerprint density at radius 3 is 2.57 bits per heavy atom. The van der Waals surface area contributed by atoms with Crippen LogP contribution in [0.2, 0.25) is 0 Å². The normalized spacial score (nSPS) is 11.5. The summed E-state index contributed by atoms with van der Waals surface area (Å²) in [5, 5.41) is 9.30. The number of H-pyrrole nitrogens is 1. The smallest absolute Gasteiger partial charge is 0.190 e. The summed E-state index contributed by atoms with van der Waals surface area (Å²) in [4.78, 5) is 12.2. The maximum absolute atomic E-state index is 4.53. The zero-order chi connectivity index (χ0) is 20.1. The van der Waals surface area contributed by atoms with Gasteiger partial charge in [-0.2, -0.15) is 0 Å². The van der Waals surface area contributed by atoms with Crippen molar-refractivity contribution in [2.45, 2.75) is 19.8 Å². The summed E-state index contributed by atoms with van der Waals surface area (Å²) < 4.78 is 0. The lowest BCUT2D eigenvalue weighted by Gasteiger charge is -2.12. The minimum absolute atomic E-state index is 0. The Balaban J connectivity index is 0.00000256. The minimum Gasteiger partial charge on any atom is -0.361 e. The fraction of sp³-hybridized carbons (Fsp3) is 0.250. The van der Waals surface area contributed by atoms with E-state index in [0.717, 1.165) is 37.4 Å². The van der Waals surface area contributed by atoms with Crippen LogP contribution in [-0.2, 0) is 12.8 Å². The van der Waals surface area contributed by atoms with Gasteiger partial charge in [0.25, 0.3) is 0 Å². The summed E-state index contributed by atoms with van der Waals surface area (Å²) in [5.41, 5.74) is 6.13. The van der Waals surface area contributed by atoms with Crippen LogP contribution in [0, 0.1) is 6.92 Å². The van der Waals surface area contributed by atoms with Crippen molar-refractivity contribution < 1.29 is 0 Å². The number of rotatable bonds is 6. The van der Waals surface area contributed by atoms with Gasteiger partial charge in [-0.25, -0.2) is 0 Å². The molecule has 30 heavy (non-hydrogen) atoms. The van der Waals surface area contributed by atoms with Gasteiger partial charge in [0.1, 0.15) is 0 Å². The van der Waals surface area contributed by atoms with E-state index in [9.17, 15) is 0 Å². The third-order valence-corrected chi connectivity index (χ3v) is 5.24. The molecule has 0 amide bonds. The van der Waals surface area contributed by atoms with Gasteiger partial charge in [-0.1, -0.05) is 36.4 Å². The van der Waals surface area contributed by atoms with Gasteiger partial charge in [-0.05, 0) is 48.6 Å². The highest BCUT2D eigenvalue weighted by atomic mass is 127. The number of benzene rings is 2. The van der Waals surface area contributed by atoms with Crippen LogP contribution >= 0.6 is 24.0 Å².